The van der Waals surface area contributed by atoms with Gasteiger partial charge in [0.05, 0.1) is 13.2 Å². The molecule has 1 fully saturated rings. The van der Waals surface area contributed by atoms with E-state index in [4.69, 9.17) is 9.47 Å². The predicted octanol–water partition coefficient (Wildman–Crippen LogP) is 3.41. The third-order valence-corrected chi connectivity index (χ3v) is 4.17. The highest BCUT2D eigenvalue weighted by Gasteiger charge is 2.48. The average Bonchev–Trinajstić information content (AvgIpc) is 2.72. The van der Waals surface area contributed by atoms with Crippen LogP contribution in [0.3, 0.4) is 0 Å². The largest absolute Gasteiger partial charge is 0.469 e. The molecule has 1 rings (SSSR count). The van der Waals surface area contributed by atoms with Crippen molar-refractivity contribution < 1.29 is 19.4 Å². The summed E-state index contributed by atoms with van der Waals surface area (Å²) in [6.07, 6.45) is 10.3. The number of rotatable bonds is 9. The van der Waals surface area contributed by atoms with Crippen LogP contribution < -0.4 is 0 Å². The first kappa shape index (κ1) is 17.4. The number of methoxy groups -OCH3 is 1. The number of unbranched alkanes of at least 4 members (excludes halogenated alkanes) is 6. The SMILES string of the molecule is CCCCCCCCC[C@H]1C[C@@H](C(=O)OC)[C@@](C)(O)O1. The fraction of sp³-hybridized carbons (Fsp3) is 0.938. The molecular weight excluding hydrogens is 256 g/mol. The summed E-state index contributed by atoms with van der Waals surface area (Å²) in [4.78, 5) is 11.6. The second kappa shape index (κ2) is 8.63. The van der Waals surface area contributed by atoms with E-state index in [0.717, 1.165) is 12.8 Å². The molecule has 0 aliphatic carbocycles. The molecule has 0 aromatic heterocycles. The quantitative estimate of drug-likeness (QED) is 0.521. The minimum atomic E-state index is -1.38. The highest BCUT2D eigenvalue weighted by Crippen LogP contribution is 2.36. The summed E-state index contributed by atoms with van der Waals surface area (Å²) >= 11 is 0. The van der Waals surface area contributed by atoms with E-state index in [2.05, 4.69) is 6.92 Å². The van der Waals surface area contributed by atoms with E-state index in [1.807, 2.05) is 0 Å². The van der Waals surface area contributed by atoms with Crippen LogP contribution in [0, 0.1) is 5.92 Å². The van der Waals surface area contributed by atoms with Crippen molar-refractivity contribution in [1.29, 1.82) is 0 Å². The zero-order chi connectivity index (χ0) is 15.0. The fourth-order valence-corrected chi connectivity index (χ4v) is 2.91. The first-order valence-corrected chi connectivity index (χ1v) is 7.99. The summed E-state index contributed by atoms with van der Waals surface area (Å²) in [7, 11) is 1.35. The lowest BCUT2D eigenvalue weighted by Gasteiger charge is -2.22. The van der Waals surface area contributed by atoms with E-state index >= 15 is 0 Å². The van der Waals surface area contributed by atoms with Gasteiger partial charge in [-0.2, -0.15) is 0 Å². The highest BCUT2D eigenvalue weighted by atomic mass is 16.6. The van der Waals surface area contributed by atoms with Crippen molar-refractivity contribution in [2.75, 3.05) is 7.11 Å². The van der Waals surface area contributed by atoms with Gasteiger partial charge in [-0.1, -0.05) is 51.9 Å². The summed E-state index contributed by atoms with van der Waals surface area (Å²) in [5.41, 5.74) is 0. The first-order valence-electron chi connectivity index (χ1n) is 7.99. The number of carbonyl (C=O) groups excluding carboxylic acids is 1. The van der Waals surface area contributed by atoms with Gasteiger partial charge in [0.1, 0.15) is 5.92 Å². The maximum absolute atomic E-state index is 11.6. The van der Waals surface area contributed by atoms with E-state index in [0.29, 0.717) is 6.42 Å². The van der Waals surface area contributed by atoms with Crippen LogP contribution in [0.1, 0.15) is 71.6 Å². The molecule has 4 nitrogen and oxygen atoms in total. The maximum Gasteiger partial charge on any atom is 0.314 e. The van der Waals surface area contributed by atoms with Crippen LogP contribution in [0.2, 0.25) is 0 Å². The Morgan fingerprint density at radius 3 is 2.45 bits per heavy atom. The number of hydrogen-bond acceptors (Lipinski definition) is 4. The number of carbonyl (C=O) groups is 1. The Morgan fingerprint density at radius 1 is 1.25 bits per heavy atom. The molecule has 0 saturated carbocycles. The molecule has 0 unspecified atom stereocenters. The zero-order valence-electron chi connectivity index (χ0n) is 13.2. The Morgan fingerprint density at radius 2 is 1.85 bits per heavy atom. The Kier molecular flexibility index (Phi) is 7.52. The van der Waals surface area contributed by atoms with Crippen LogP contribution in [0.4, 0.5) is 0 Å². The van der Waals surface area contributed by atoms with Gasteiger partial charge in [-0.25, -0.2) is 0 Å². The standard InChI is InChI=1S/C16H30O4/c1-4-5-6-7-8-9-10-11-13-12-14(15(17)19-3)16(2,18)20-13/h13-14,18H,4-12H2,1-3H3/t13-,14-,16-/m0/s1. The molecule has 0 aromatic carbocycles. The average molecular weight is 286 g/mol. The van der Waals surface area contributed by atoms with Gasteiger partial charge in [0, 0.05) is 0 Å². The third kappa shape index (κ3) is 5.41. The predicted molar refractivity (Wildman–Crippen MR) is 78.2 cm³/mol. The molecule has 0 amide bonds. The Labute approximate surface area is 122 Å². The van der Waals surface area contributed by atoms with Gasteiger partial charge in [-0.05, 0) is 19.8 Å². The van der Waals surface area contributed by atoms with Crippen molar-refractivity contribution in [2.24, 2.45) is 5.92 Å². The van der Waals surface area contributed by atoms with Crippen LogP contribution in [0.25, 0.3) is 0 Å². The van der Waals surface area contributed by atoms with Gasteiger partial charge < -0.3 is 14.6 Å². The lowest BCUT2D eigenvalue weighted by atomic mass is 9.95. The minimum Gasteiger partial charge on any atom is -0.469 e. The normalized spacial score (nSPS) is 29.6. The number of ether oxygens (including phenoxy) is 2. The van der Waals surface area contributed by atoms with Gasteiger partial charge in [-0.15, -0.1) is 0 Å². The molecule has 1 N–H and O–H groups in total. The summed E-state index contributed by atoms with van der Waals surface area (Å²) < 4.78 is 10.3. The summed E-state index contributed by atoms with van der Waals surface area (Å²) in [6.45, 7) is 3.78. The Bertz CT molecular complexity index is 288. The summed E-state index contributed by atoms with van der Waals surface area (Å²) in [5, 5.41) is 10.1. The lowest BCUT2D eigenvalue weighted by molar-refractivity contribution is -0.206. The molecule has 118 valence electrons. The van der Waals surface area contributed by atoms with Crippen LogP contribution in [-0.2, 0) is 14.3 Å². The van der Waals surface area contributed by atoms with Crippen molar-refractivity contribution in [3.05, 3.63) is 0 Å². The van der Waals surface area contributed by atoms with E-state index in [1.165, 1.54) is 45.6 Å². The topological polar surface area (TPSA) is 55.8 Å². The minimum absolute atomic E-state index is 0.0234. The molecule has 3 atom stereocenters. The zero-order valence-corrected chi connectivity index (χ0v) is 13.2. The first-order chi connectivity index (χ1) is 9.51. The third-order valence-electron chi connectivity index (χ3n) is 4.17. The molecule has 1 aliphatic rings. The number of hydrogen-bond donors (Lipinski definition) is 1. The van der Waals surface area contributed by atoms with Gasteiger partial charge in [0.15, 0.2) is 5.79 Å². The molecule has 0 spiro atoms. The molecule has 0 bridgehead atoms. The second-order valence-electron chi connectivity index (χ2n) is 6.02. The molecule has 0 radical (unpaired) electrons. The van der Waals surface area contributed by atoms with Crippen LogP contribution in [0.5, 0.6) is 0 Å². The van der Waals surface area contributed by atoms with Crippen molar-refractivity contribution in [2.45, 2.75) is 83.5 Å². The smallest absolute Gasteiger partial charge is 0.314 e. The maximum atomic E-state index is 11.6. The number of esters is 1. The lowest BCUT2D eigenvalue weighted by Crippen LogP contribution is -2.36. The summed E-state index contributed by atoms with van der Waals surface area (Å²) in [5.74, 6) is -2.31. The number of aliphatic hydroxyl groups is 1. The van der Waals surface area contributed by atoms with Crippen molar-refractivity contribution in [3.63, 3.8) is 0 Å². The Balaban J connectivity index is 2.18. The van der Waals surface area contributed by atoms with Crippen LogP contribution in [-0.4, -0.2) is 30.1 Å². The highest BCUT2D eigenvalue weighted by molar-refractivity contribution is 5.73. The monoisotopic (exact) mass is 286 g/mol. The fourth-order valence-electron chi connectivity index (χ4n) is 2.91. The van der Waals surface area contributed by atoms with Gasteiger partial charge >= 0.3 is 5.97 Å². The van der Waals surface area contributed by atoms with E-state index in [1.54, 1.807) is 6.92 Å². The van der Waals surface area contributed by atoms with E-state index in [9.17, 15) is 9.90 Å². The van der Waals surface area contributed by atoms with E-state index in [-0.39, 0.29) is 12.1 Å². The molecule has 4 heteroatoms. The van der Waals surface area contributed by atoms with Crippen LogP contribution >= 0.6 is 0 Å². The molecule has 1 heterocycles. The van der Waals surface area contributed by atoms with Crippen molar-refractivity contribution in [3.8, 4) is 0 Å². The molecule has 20 heavy (non-hydrogen) atoms. The Hall–Kier alpha value is -0.610. The van der Waals surface area contributed by atoms with Gasteiger partial charge in [-0.3, -0.25) is 4.79 Å². The molecule has 1 aliphatic heterocycles. The molecular formula is C16H30O4. The van der Waals surface area contributed by atoms with Gasteiger partial charge in [0.2, 0.25) is 0 Å². The molecule has 0 aromatic rings. The van der Waals surface area contributed by atoms with Crippen molar-refractivity contribution >= 4 is 5.97 Å². The van der Waals surface area contributed by atoms with Crippen molar-refractivity contribution in [1.82, 2.24) is 0 Å². The second-order valence-corrected chi connectivity index (χ2v) is 6.02. The summed E-state index contributed by atoms with van der Waals surface area (Å²) in [6, 6.07) is 0. The molecule has 1 saturated heterocycles. The van der Waals surface area contributed by atoms with Crippen LogP contribution in [0.15, 0.2) is 0 Å². The van der Waals surface area contributed by atoms with E-state index < -0.39 is 11.7 Å². The van der Waals surface area contributed by atoms with Gasteiger partial charge in [0.25, 0.3) is 0 Å².